The molecular weight excluding hydrogens is 206 g/mol. The number of carbonyl (C=O) groups excluding carboxylic acids is 1. The molecule has 1 rings (SSSR count). The summed E-state index contributed by atoms with van der Waals surface area (Å²) in [7, 11) is 3.12. The van der Waals surface area contributed by atoms with Crippen LogP contribution in [0.5, 0.6) is 5.75 Å². The summed E-state index contributed by atoms with van der Waals surface area (Å²) < 4.78 is 10.1. The van der Waals surface area contributed by atoms with E-state index in [-0.39, 0.29) is 5.91 Å². The standard InChI is InChI=1S/C12H17NO3/c1-4-11(16-3)12(14)13-9-6-5-7-10(8-9)15-2/h5-8,11H,4H2,1-3H3,(H,13,14). The van der Waals surface area contributed by atoms with Gasteiger partial charge >= 0.3 is 0 Å². The molecular formula is C12H17NO3. The minimum Gasteiger partial charge on any atom is -0.497 e. The van der Waals surface area contributed by atoms with Crippen molar-refractivity contribution >= 4 is 11.6 Å². The largest absolute Gasteiger partial charge is 0.497 e. The maximum absolute atomic E-state index is 11.7. The lowest BCUT2D eigenvalue weighted by Crippen LogP contribution is -2.28. The summed E-state index contributed by atoms with van der Waals surface area (Å²) >= 11 is 0. The highest BCUT2D eigenvalue weighted by molar-refractivity contribution is 5.94. The van der Waals surface area contributed by atoms with Crippen LogP contribution in [0.1, 0.15) is 13.3 Å². The van der Waals surface area contributed by atoms with E-state index in [1.54, 1.807) is 13.2 Å². The fourth-order valence-corrected chi connectivity index (χ4v) is 1.38. The molecule has 1 atom stereocenters. The molecule has 4 heteroatoms. The lowest BCUT2D eigenvalue weighted by Gasteiger charge is -2.13. The first-order chi connectivity index (χ1) is 7.71. The van der Waals surface area contributed by atoms with Crippen LogP contribution in [0, 0.1) is 0 Å². The SMILES string of the molecule is CCC(OC)C(=O)Nc1cccc(OC)c1. The third kappa shape index (κ3) is 3.24. The summed E-state index contributed by atoms with van der Waals surface area (Å²) in [5, 5.41) is 2.77. The number of hydrogen-bond donors (Lipinski definition) is 1. The first-order valence-corrected chi connectivity index (χ1v) is 5.19. The van der Waals surface area contributed by atoms with Gasteiger partial charge in [0.15, 0.2) is 0 Å². The van der Waals surface area contributed by atoms with E-state index in [0.717, 1.165) is 0 Å². The highest BCUT2D eigenvalue weighted by Gasteiger charge is 2.15. The second kappa shape index (κ2) is 6.12. The lowest BCUT2D eigenvalue weighted by molar-refractivity contribution is -0.125. The molecule has 0 heterocycles. The van der Waals surface area contributed by atoms with Crippen LogP contribution in [0.25, 0.3) is 0 Å². The molecule has 16 heavy (non-hydrogen) atoms. The van der Waals surface area contributed by atoms with Gasteiger partial charge in [0.05, 0.1) is 7.11 Å². The summed E-state index contributed by atoms with van der Waals surface area (Å²) in [4.78, 5) is 11.7. The zero-order valence-corrected chi connectivity index (χ0v) is 9.82. The van der Waals surface area contributed by atoms with Gasteiger partial charge in [-0.25, -0.2) is 0 Å². The Morgan fingerprint density at radius 2 is 2.19 bits per heavy atom. The van der Waals surface area contributed by atoms with Crippen LogP contribution in [0.4, 0.5) is 5.69 Å². The molecule has 1 aromatic carbocycles. The van der Waals surface area contributed by atoms with Gasteiger partial charge in [-0.05, 0) is 18.6 Å². The number of amides is 1. The molecule has 0 spiro atoms. The summed E-state index contributed by atoms with van der Waals surface area (Å²) in [6.07, 6.45) is 0.234. The zero-order chi connectivity index (χ0) is 12.0. The number of nitrogens with one attached hydrogen (secondary N) is 1. The van der Waals surface area contributed by atoms with Gasteiger partial charge in [-0.2, -0.15) is 0 Å². The van der Waals surface area contributed by atoms with Crippen molar-refractivity contribution in [3.63, 3.8) is 0 Å². The first-order valence-electron chi connectivity index (χ1n) is 5.19. The predicted molar refractivity (Wildman–Crippen MR) is 62.7 cm³/mol. The Labute approximate surface area is 95.6 Å². The Morgan fingerprint density at radius 1 is 1.44 bits per heavy atom. The monoisotopic (exact) mass is 223 g/mol. The van der Waals surface area contributed by atoms with Crippen molar-refractivity contribution in [2.75, 3.05) is 19.5 Å². The molecule has 0 saturated carbocycles. The van der Waals surface area contributed by atoms with E-state index in [1.165, 1.54) is 7.11 Å². The van der Waals surface area contributed by atoms with Crippen molar-refractivity contribution in [3.05, 3.63) is 24.3 Å². The number of benzene rings is 1. The number of rotatable bonds is 5. The fourth-order valence-electron chi connectivity index (χ4n) is 1.38. The second-order valence-corrected chi connectivity index (χ2v) is 3.35. The molecule has 1 unspecified atom stereocenters. The van der Waals surface area contributed by atoms with Gasteiger partial charge in [-0.1, -0.05) is 13.0 Å². The smallest absolute Gasteiger partial charge is 0.253 e. The summed E-state index contributed by atoms with van der Waals surface area (Å²) in [5.74, 6) is 0.571. The van der Waals surface area contributed by atoms with Crippen LogP contribution < -0.4 is 10.1 Å². The van der Waals surface area contributed by atoms with E-state index < -0.39 is 6.10 Å². The van der Waals surface area contributed by atoms with Gasteiger partial charge < -0.3 is 14.8 Å². The molecule has 0 aliphatic heterocycles. The van der Waals surface area contributed by atoms with Crippen molar-refractivity contribution in [2.45, 2.75) is 19.4 Å². The maximum Gasteiger partial charge on any atom is 0.253 e. The molecule has 0 fully saturated rings. The second-order valence-electron chi connectivity index (χ2n) is 3.35. The summed E-state index contributed by atoms with van der Waals surface area (Å²) in [6.45, 7) is 1.90. The highest BCUT2D eigenvalue weighted by atomic mass is 16.5. The average Bonchev–Trinajstić information content (AvgIpc) is 2.31. The Bertz CT molecular complexity index is 348. The van der Waals surface area contributed by atoms with Gasteiger partial charge in [0.2, 0.25) is 0 Å². The summed E-state index contributed by atoms with van der Waals surface area (Å²) in [6, 6.07) is 7.22. The van der Waals surface area contributed by atoms with Crippen LogP contribution in [0.3, 0.4) is 0 Å². The molecule has 0 saturated heterocycles. The van der Waals surface area contributed by atoms with Gasteiger partial charge in [0, 0.05) is 18.9 Å². The van der Waals surface area contributed by atoms with Crippen molar-refractivity contribution < 1.29 is 14.3 Å². The van der Waals surface area contributed by atoms with Crippen molar-refractivity contribution in [3.8, 4) is 5.75 Å². The van der Waals surface area contributed by atoms with Crippen LogP contribution in [0.2, 0.25) is 0 Å². The normalized spacial score (nSPS) is 11.9. The van der Waals surface area contributed by atoms with Crippen molar-refractivity contribution in [1.29, 1.82) is 0 Å². The van der Waals surface area contributed by atoms with E-state index in [9.17, 15) is 4.79 Å². The minimum absolute atomic E-state index is 0.141. The third-order valence-electron chi connectivity index (χ3n) is 2.29. The minimum atomic E-state index is -0.411. The maximum atomic E-state index is 11.7. The zero-order valence-electron chi connectivity index (χ0n) is 9.82. The molecule has 0 aliphatic carbocycles. The first kappa shape index (κ1) is 12.5. The highest BCUT2D eigenvalue weighted by Crippen LogP contribution is 2.17. The predicted octanol–water partition coefficient (Wildman–Crippen LogP) is 2.06. The van der Waals surface area contributed by atoms with Gasteiger partial charge in [0.25, 0.3) is 5.91 Å². The van der Waals surface area contributed by atoms with Crippen molar-refractivity contribution in [1.82, 2.24) is 0 Å². The fraction of sp³-hybridized carbons (Fsp3) is 0.417. The molecule has 0 aromatic heterocycles. The number of carbonyl (C=O) groups is 1. The van der Waals surface area contributed by atoms with E-state index in [2.05, 4.69) is 5.32 Å². The molecule has 0 radical (unpaired) electrons. The van der Waals surface area contributed by atoms with Gasteiger partial charge in [-0.15, -0.1) is 0 Å². The van der Waals surface area contributed by atoms with E-state index >= 15 is 0 Å². The number of hydrogen-bond acceptors (Lipinski definition) is 3. The van der Waals surface area contributed by atoms with Crippen molar-refractivity contribution in [2.24, 2.45) is 0 Å². The Balaban J connectivity index is 2.68. The van der Waals surface area contributed by atoms with E-state index in [0.29, 0.717) is 17.9 Å². The average molecular weight is 223 g/mol. The molecule has 88 valence electrons. The van der Waals surface area contributed by atoms with E-state index in [4.69, 9.17) is 9.47 Å². The molecule has 4 nitrogen and oxygen atoms in total. The molecule has 1 amide bonds. The quantitative estimate of drug-likeness (QED) is 0.831. The topological polar surface area (TPSA) is 47.6 Å². The van der Waals surface area contributed by atoms with Crippen LogP contribution in [0.15, 0.2) is 24.3 Å². The van der Waals surface area contributed by atoms with Crippen LogP contribution in [-0.4, -0.2) is 26.2 Å². The van der Waals surface area contributed by atoms with Gasteiger partial charge in [0.1, 0.15) is 11.9 Å². The molecule has 1 N–H and O–H groups in total. The van der Waals surface area contributed by atoms with Gasteiger partial charge in [-0.3, -0.25) is 4.79 Å². The lowest BCUT2D eigenvalue weighted by atomic mass is 10.2. The third-order valence-corrected chi connectivity index (χ3v) is 2.29. The number of methoxy groups -OCH3 is 2. The Morgan fingerprint density at radius 3 is 2.75 bits per heavy atom. The molecule has 0 aliphatic rings. The van der Waals surface area contributed by atoms with E-state index in [1.807, 2.05) is 25.1 Å². The Kier molecular flexibility index (Phi) is 4.79. The number of anilines is 1. The Hall–Kier alpha value is -1.55. The van der Waals surface area contributed by atoms with Crippen LogP contribution >= 0.6 is 0 Å². The van der Waals surface area contributed by atoms with Crippen LogP contribution in [-0.2, 0) is 9.53 Å². The molecule has 0 bridgehead atoms. The summed E-state index contributed by atoms with van der Waals surface area (Å²) in [5.41, 5.74) is 0.708. The molecule has 1 aromatic rings. The number of ether oxygens (including phenoxy) is 2.